The summed E-state index contributed by atoms with van der Waals surface area (Å²) in [7, 11) is 0. The number of aromatic nitrogens is 1. The number of fused-ring (bicyclic) bond motifs is 1. The summed E-state index contributed by atoms with van der Waals surface area (Å²) in [6.45, 7) is 2.62. The van der Waals surface area contributed by atoms with Gasteiger partial charge in [0, 0.05) is 39.3 Å². The summed E-state index contributed by atoms with van der Waals surface area (Å²) in [6.07, 6.45) is 3.97. The summed E-state index contributed by atoms with van der Waals surface area (Å²) in [5.74, 6) is -0.156. The van der Waals surface area contributed by atoms with E-state index < -0.39 is 0 Å². The Morgan fingerprint density at radius 2 is 1.84 bits per heavy atom. The van der Waals surface area contributed by atoms with Crippen molar-refractivity contribution in [2.45, 2.75) is 19.9 Å². The number of halogens is 2. The topological polar surface area (TPSA) is 46.4 Å². The molecule has 0 bridgehead atoms. The third-order valence-electron chi connectivity index (χ3n) is 5.05. The number of carbonyl (C=O) groups is 1. The molecule has 1 heterocycles. The fraction of sp³-hybridized carbons (Fsp3) is 0.120. The molecule has 0 saturated carbocycles. The number of hydrogen-bond donors (Lipinski definition) is 1. The Morgan fingerprint density at radius 3 is 2.61 bits per heavy atom. The largest absolute Gasteiger partial charge is 0.342 e. The Morgan fingerprint density at radius 1 is 1.06 bits per heavy atom. The number of hydrogen-bond acceptors (Lipinski definition) is 2. The van der Waals surface area contributed by atoms with Crippen LogP contribution in [-0.2, 0) is 17.8 Å². The van der Waals surface area contributed by atoms with Gasteiger partial charge in [0.05, 0.1) is 12.6 Å². The standard InChI is InChI=1S/C25H21Cl2N3O/c1-17-6-8-18(9-7-17)12-25(31)29-28-14-20-16-30(24-5-3-2-4-22(20)24)15-19-10-11-21(26)13-23(19)27/h2-11,13-14,16H,12,15H2,1H3,(H,29,31)/b28-14-. The van der Waals surface area contributed by atoms with Crippen molar-refractivity contribution >= 4 is 46.2 Å². The van der Waals surface area contributed by atoms with Crippen LogP contribution in [0.1, 0.15) is 22.3 Å². The van der Waals surface area contributed by atoms with E-state index in [1.807, 2.05) is 73.8 Å². The van der Waals surface area contributed by atoms with Crippen LogP contribution in [0.4, 0.5) is 0 Å². The average molecular weight is 450 g/mol. The molecule has 4 rings (SSSR count). The normalized spacial score (nSPS) is 11.3. The molecule has 0 aliphatic carbocycles. The molecule has 0 unspecified atom stereocenters. The van der Waals surface area contributed by atoms with Crippen molar-refractivity contribution in [3.63, 3.8) is 0 Å². The van der Waals surface area contributed by atoms with Gasteiger partial charge in [0.1, 0.15) is 0 Å². The summed E-state index contributed by atoms with van der Waals surface area (Å²) in [5.41, 5.74) is 7.68. The van der Waals surface area contributed by atoms with E-state index in [1.54, 1.807) is 12.3 Å². The second-order valence-electron chi connectivity index (χ2n) is 7.42. The van der Waals surface area contributed by atoms with Gasteiger partial charge < -0.3 is 4.57 Å². The average Bonchev–Trinajstić information content (AvgIpc) is 3.09. The molecule has 0 aliphatic rings. The fourth-order valence-electron chi connectivity index (χ4n) is 3.45. The Kier molecular flexibility index (Phi) is 6.40. The van der Waals surface area contributed by atoms with Crippen LogP contribution in [0, 0.1) is 6.92 Å². The number of aryl methyl sites for hydroxylation is 1. The molecule has 3 aromatic carbocycles. The minimum Gasteiger partial charge on any atom is -0.342 e. The Bertz CT molecular complexity index is 1260. The molecule has 6 heteroatoms. The summed E-state index contributed by atoms with van der Waals surface area (Å²) in [6, 6.07) is 21.5. The van der Waals surface area contributed by atoms with Crippen molar-refractivity contribution in [3.8, 4) is 0 Å². The fourth-order valence-corrected chi connectivity index (χ4v) is 3.92. The van der Waals surface area contributed by atoms with Gasteiger partial charge in [0.25, 0.3) is 0 Å². The predicted octanol–water partition coefficient (Wildman–Crippen LogP) is 6.00. The van der Waals surface area contributed by atoms with E-state index in [1.165, 1.54) is 5.56 Å². The molecule has 0 saturated heterocycles. The predicted molar refractivity (Wildman–Crippen MR) is 128 cm³/mol. The molecular formula is C25H21Cl2N3O. The van der Waals surface area contributed by atoms with E-state index in [0.29, 0.717) is 16.6 Å². The number of para-hydroxylation sites is 1. The second-order valence-corrected chi connectivity index (χ2v) is 8.26. The van der Waals surface area contributed by atoms with E-state index in [2.05, 4.69) is 15.1 Å². The van der Waals surface area contributed by atoms with Crippen molar-refractivity contribution in [3.05, 3.63) is 105 Å². The minimum absolute atomic E-state index is 0.156. The highest BCUT2D eigenvalue weighted by molar-refractivity contribution is 6.35. The zero-order valence-electron chi connectivity index (χ0n) is 17.0. The molecule has 0 aliphatic heterocycles. The van der Waals surface area contributed by atoms with Crippen molar-refractivity contribution in [1.29, 1.82) is 0 Å². The van der Waals surface area contributed by atoms with E-state index in [0.717, 1.165) is 27.6 Å². The van der Waals surface area contributed by atoms with Gasteiger partial charge in [0.2, 0.25) is 5.91 Å². The molecule has 0 fully saturated rings. The number of carbonyl (C=O) groups excluding carboxylic acids is 1. The molecule has 4 aromatic rings. The summed E-state index contributed by atoms with van der Waals surface area (Å²) in [4.78, 5) is 12.2. The lowest BCUT2D eigenvalue weighted by Crippen LogP contribution is -2.19. The van der Waals surface area contributed by atoms with Crippen LogP contribution in [-0.4, -0.2) is 16.7 Å². The highest BCUT2D eigenvalue weighted by Gasteiger charge is 2.09. The maximum Gasteiger partial charge on any atom is 0.244 e. The maximum atomic E-state index is 12.2. The number of benzene rings is 3. The second kappa shape index (κ2) is 9.38. The molecule has 4 nitrogen and oxygen atoms in total. The first-order valence-corrected chi connectivity index (χ1v) is 10.6. The highest BCUT2D eigenvalue weighted by Crippen LogP contribution is 2.25. The number of amides is 1. The lowest BCUT2D eigenvalue weighted by Gasteiger charge is -2.08. The van der Waals surface area contributed by atoms with E-state index >= 15 is 0 Å². The van der Waals surface area contributed by atoms with Crippen LogP contribution in [0.2, 0.25) is 10.0 Å². The van der Waals surface area contributed by atoms with Crippen LogP contribution in [0.3, 0.4) is 0 Å². The summed E-state index contributed by atoms with van der Waals surface area (Å²) < 4.78 is 2.11. The highest BCUT2D eigenvalue weighted by atomic mass is 35.5. The van der Waals surface area contributed by atoms with Gasteiger partial charge in [-0.3, -0.25) is 4.79 Å². The van der Waals surface area contributed by atoms with Crippen LogP contribution in [0.15, 0.2) is 78.0 Å². The van der Waals surface area contributed by atoms with Gasteiger partial charge in [-0.1, -0.05) is 77.3 Å². The smallest absolute Gasteiger partial charge is 0.244 e. The van der Waals surface area contributed by atoms with Crippen LogP contribution >= 0.6 is 23.2 Å². The van der Waals surface area contributed by atoms with Crippen LogP contribution in [0.25, 0.3) is 10.9 Å². The molecule has 156 valence electrons. The summed E-state index contributed by atoms with van der Waals surface area (Å²) >= 11 is 12.4. The van der Waals surface area contributed by atoms with Crippen LogP contribution in [0.5, 0.6) is 0 Å². The van der Waals surface area contributed by atoms with Crippen LogP contribution < -0.4 is 5.43 Å². The summed E-state index contributed by atoms with van der Waals surface area (Å²) in [5, 5.41) is 6.46. The SMILES string of the molecule is Cc1ccc(CC(=O)N/N=C\c2cn(Cc3ccc(Cl)cc3Cl)c3ccccc23)cc1. The molecule has 31 heavy (non-hydrogen) atoms. The number of rotatable bonds is 6. The van der Waals surface area contributed by atoms with Crippen molar-refractivity contribution in [2.24, 2.45) is 5.10 Å². The van der Waals surface area contributed by atoms with E-state index in [-0.39, 0.29) is 12.3 Å². The maximum absolute atomic E-state index is 12.2. The quantitative estimate of drug-likeness (QED) is 0.284. The third-order valence-corrected chi connectivity index (χ3v) is 5.64. The molecule has 1 N–H and O–H groups in total. The van der Waals surface area contributed by atoms with Gasteiger partial charge in [-0.2, -0.15) is 5.10 Å². The third kappa shape index (κ3) is 5.16. The zero-order chi connectivity index (χ0) is 21.8. The molecular weight excluding hydrogens is 429 g/mol. The monoisotopic (exact) mass is 449 g/mol. The Hall–Kier alpha value is -3.08. The Balaban J connectivity index is 1.51. The van der Waals surface area contributed by atoms with E-state index in [4.69, 9.17) is 23.2 Å². The number of nitrogens with zero attached hydrogens (tertiary/aromatic N) is 2. The first kappa shape index (κ1) is 21.2. The molecule has 0 atom stereocenters. The number of nitrogens with one attached hydrogen (secondary N) is 1. The van der Waals surface area contributed by atoms with E-state index in [9.17, 15) is 4.79 Å². The molecule has 0 spiro atoms. The van der Waals surface area contributed by atoms with Crippen molar-refractivity contribution in [2.75, 3.05) is 0 Å². The molecule has 1 aromatic heterocycles. The van der Waals surface area contributed by atoms with Gasteiger partial charge >= 0.3 is 0 Å². The van der Waals surface area contributed by atoms with Gasteiger partial charge in [-0.25, -0.2) is 5.43 Å². The van der Waals surface area contributed by atoms with Crippen molar-refractivity contribution in [1.82, 2.24) is 9.99 Å². The molecule has 1 amide bonds. The van der Waals surface area contributed by atoms with Gasteiger partial charge in [-0.05, 0) is 36.2 Å². The first-order chi connectivity index (χ1) is 15.0. The number of hydrazone groups is 1. The minimum atomic E-state index is -0.156. The van der Waals surface area contributed by atoms with Gasteiger partial charge in [-0.15, -0.1) is 0 Å². The van der Waals surface area contributed by atoms with Crippen molar-refractivity contribution < 1.29 is 4.79 Å². The zero-order valence-corrected chi connectivity index (χ0v) is 18.5. The first-order valence-electron chi connectivity index (χ1n) is 9.89. The Labute approximate surface area is 191 Å². The lowest BCUT2D eigenvalue weighted by molar-refractivity contribution is -0.120. The molecule has 0 radical (unpaired) electrons. The lowest BCUT2D eigenvalue weighted by atomic mass is 10.1. The van der Waals surface area contributed by atoms with Gasteiger partial charge in [0.15, 0.2) is 0 Å².